The summed E-state index contributed by atoms with van der Waals surface area (Å²) in [6.07, 6.45) is 3.64. The minimum Gasteiger partial charge on any atom is -0.339 e. The number of aromatic nitrogens is 2. The second kappa shape index (κ2) is 7.88. The average Bonchev–Trinajstić information content (AvgIpc) is 2.46. The molecule has 22 heavy (non-hydrogen) atoms. The number of nitrogens with zero attached hydrogens (tertiary/aromatic N) is 3. The summed E-state index contributed by atoms with van der Waals surface area (Å²) in [6.45, 7) is 9.57. The first-order valence-electron chi connectivity index (χ1n) is 7.78. The Hall–Kier alpha value is -1.20. The molecule has 0 spiro atoms. The molecule has 5 nitrogen and oxygen atoms in total. The van der Waals surface area contributed by atoms with E-state index in [4.69, 9.17) is 5.73 Å². The van der Waals surface area contributed by atoms with Crippen molar-refractivity contribution in [2.45, 2.75) is 52.5 Å². The first-order chi connectivity index (χ1) is 9.90. The van der Waals surface area contributed by atoms with E-state index in [-0.39, 0.29) is 30.3 Å². The highest BCUT2D eigenvalue weighted by atomic mass is 35.5. The van der Waals surface area contributed by atoms with E-state index >= 15 is 0 Å². The van der Waals surface area contributed by atoms with Crippen molar-refractivity contribution in [3.8, 4) is 0 Å². The van der Waals surface area contributed by atoms with E-state index in [1.165, 1.54) is 0 Å². The van der Waals surface area contributed by atoms with Gasteiger partial charge >= 0.3 is 0 Å². The van der Waals surface area contributed by atoms with Crippen LogP contribution in [0.5, 0.6) is 0 Å². The van der Waals surface area contributed by atoms with Gasteiger partial charge in [0.25, 0.3) is 5.91 Å². The third-order valence-electron chi connectivity index (χ3n) is 4.29. The summed E-state index contributed by atoms with van der Waals surface area (Å²) in [7, 11) is 0. The quantitative estimate of drug-likeness (QED) is 0.926. The van der Waals surface area contributed by atoms with Gasteiger partial charge in [-0.2, -0.15) is 0 Å². The molecule has 1 aliphatic rings. The van der Waals surface area contributed by atoms with Gasteiger partial charge in [-0.1, -0.05) is 13.8 Å². The van der Waals surface area contributed by atoms with Gasteiger partial charge < -0.3 is 10.6 Å². The molecule has 0 bridgehead atoms. The van der Waals surface area contributed by atoms with E-state index in [0.29, 0.717) is 17.3 Å². The molecule has 0 aromatic carbocycles. The van der Waals surface area contributed by atoms with Gasteiger partial charge in [-0.05, 0) is 38.5 Å². The predicted octanol–water partition coefficient (Wildman–Crippen LogP) is 2.53. The molecule has 1 amide bonds. The van der Waals surface area contributed by atoms with Crippen molar-refractivity contribution in [2.24, 2.45) is 11.7 Å². The SMILES string of the molecule is Cc1ncc(C(=O)N2CCC(C(C)N)CC2)c(C(C)C)n1.Cl. The van der Waals surface area contributed by atoms with Crippen molar-refractivity contribution in [3.05, 3.63) is 23.3 Å². The molecule has 1 atom stereocenters. The molecule has 0 aliphatic carbocycles. The molecule has 2 N–H and O–H groups in total. The van der Waals surface area contributed by atoms with Crippen LogP contribution in [0.15, 0.2) is 6.20 Å². The van der Waals surface area contributed by atoms with E-state index in [1.807, 2.05) is 18.7 Å². The molecule has 6 heteroatoms. The van der Waals surface area contributed by atoms with Crippen LogP contribution in [0.1, 0.15) is 61.4 Å². The van der Waals surface area contributed by atoms with Crippen LogP contribution in [0.4, 0.5) is 0 Å². The second-order valence-corrected chi connectivity index (χ2v) is 6.36. The Morgan fingerprint density at radius 2 is 1.91 bits per heavy atom. The topological polar surface area (TPSA) is 72.1 Å². The zero-order valence-corrected chi connectivity index (χ0v) is 14.7. The highest BCUT2D eigenvalue weighted by Crippen LogP contribution is 2.23. The first kappa shape index (κ1) is 18.8. The molecular formula is C16H27ClN4O. The van der Waals surface area contributed by atoms with E-state index < -0.39 is 0 Å². The Morgan fingerprint density at radius 1 is 1.32 bits per heavy atom. The molecule has 0 saturated carbocycles. The number of rotatable bonds is 3. The van der Waals surface area contributed by atoms with Gasteiger partial charge in [0.1, 0.15) is 5.82 Å². The summed E-state index contributed by atoms with van der Waals surface area (Å²) in [5.74, 6) is 1.51. The van der Waals surface area contributed by atoms with Crippen LogP contribution in [0, 0.1) is 12.8 Å². The van der Waals surface area contributed by atoms with Crippen molar-refractivity contribution >= 4 is 18.3 Å². The van der Waals surface area contributed by atoms with Gasteiger partial charge in [0.15, 0.2) is 0 Å². The highest BCUT2D eigenvalue weighted by Gasteiger charge is 2.27. The van der Waals surface area contributed by atoms with Crippen molar-refractivity contribution in [2.75, 3.05) is 13.1 Å². The van der Waals surface area contributed by atoms with Gasteiger partial charge in [-0.15, -0.1) is 12.4 Å². The smallest absolute Gasteiger partial charge is 0.257 e. The summed E-state index contributed by atoms with van der Waals surface area (Å²) in [5.41, 5.74) is 7.45. The van der Waals surface area contributed by atoms with E-state index in [2.05, 4.69) is 23.8 Å². The molecule has 1 fully saturated rings. The van der Waals surface area contributed by atoms with Crippen molar-refractivity contribution in [3.63, 3.8) is 0 Å². The number of piperidine rings is 1. The number of hydrogen-bond acceptors (Lipinski definition) is 4. The Kier molecular flexibility index (Phi) is 6.75. The summed E-state index contributed by atoms with van der Waals surface area (Å²) in [4.78, 5) is 23.3. The molecule has 2 heterocycles. The van der Waals surface area contributed by atoms with Gasteiger partial charge in [0, 0.05) is 25.3 Å². The van der Waals surface area contributed by atoms with Crippen LogP contribution in [-0.2, 0) is 0 Å². The lowest BCUT2D eigenvalue weighted by atomic mass is 9.90. The Morgan fingerprint density at radius 3 is 2.41 bits per heavy atom. The molecular weight excluding hydrogens is 300 g/mol. The number of carbonyl (C=O) groups excluding carboxylic acids is 1. The monoisotopic (exact) mass is 326 g/mol. The molecule has 1 saturated heterocycles. The molecule has 1 aromatic rings. The maximum Gasteiger partial charge on any atom is 0.257 e. The molecule has 1 unspecified atom stereocenters. The third-order valence-corrected chi connectivity index (χ3v) is 4.29. The van der Waals surface area contributed by atoms with Crippen LogP contribution in [0.25, 0.3) is 0 Å². The minimum atomic E-state index is 0. The van der Waals surface area contributed by atoms with Crippen LogP contribution < -0.4 is 5.73 Å². The molecule has 1 aliphatic heterocycles. The lowest BCUT2D eigenvalue weighted by molar-refractivity contribution is 0.0678. The second-order valence-electron chi connectivity index (χ2n) is 6.36. The largest absolute Gasteiger partial charge is 0.339 e. The number of carbonyl (C=O) groups is 1. The highest BCUT2D eigenvalue weighted by molar-refractivity contribution is 5.95. The standard InChI is InChI=1S/C16H26N4O.ClH/c1-10(2)15-14(9-18-12(4)19-15)16(21)20-7-5-13(6-8-20)11(3)17;/h9-11,13H,5-8,17H2,1-4H3;1H. The number of likely N-dealkylation sites (tertiary alicyclic amines) is 1. The van der Waals surface area contributed by atoms with E-state index in [0.717, 1.165) is 31.6 Å². The summed E-state index contributed by atoms with van der Waals surface area (Å²) in [5, 5.41) is 0. The summed E-state index contributed by atoms with van der Waals surface area (Å²) in [6, 6.07) is 0.205. The van der Waals surface area contributed by atoms with Crippen LogP contribution in [0.2, 0.25) is 0 Å². The molecule has 0 radical (unpaired) electrons. The average molecular weight is 327 g/mol. The predicted molar refractivity (Wildman–Crippen MR) is 90.4 cm³/mol. The first-order valence-corrected chi connectivity index (χ1v) is 7.78. The fraction of sp³-hybridized carbons (Fsp3) is 0.688. The maximum absolute atomic E-state index is 12.7. The fourth-order valence-electron chi connectivity index (χ4n) is 2.89. The summed E-state index contributed by atoms with van der Waals surface area (Å²) >= 11 is 0. The Balaban J connectivity index is 0.00000242. The third kappa shape index (κ3) is 4.17. The van der Waals surface area contributed by atoms with E-state index in [1.54, 1.807) is 6.20 Å². The lowest BCUT2D eigenvalue weighted by Gasteiger charge is -2.34. The molecule has 124 valence electrons. The minimum absolute atomic E-state index is 0. The van der Waals surface area contributed by atoms with Crippen molar-refractivity contribution in [1.82, 2.24) is 14.9 Å². The van der Waals surface area contributed by atoms with Crippen molar-refractivity contribution in [1.29, 1.82) is 0 Å². The normalized spacial score (nSPS) is 17.3. The Bertz CT molecular complexity index is 511. The molecule has 1 aromatic heterocycles. The number of nitrogens with two attached hydrogens (primary N) is 1. The zero-order valence-electron chi connectivity index (χ0n) is 13.9. The van der Waals surface area contributed by atoms with E-state index in [9.17, 15) is 4.79 Å². The number of aryl methyl sites for hydroxylation is 1. The summed E-state index contributed by atoms with van der Waals surface area (Å²) < 4.78 is 0. The van der Waals surface area contributed by atoms with Gasteiger partial charge in [0.05, 0.1) is 11.3 Å². The van der Waals surface area contributed by atoms with Gasteiger partial charge in [-0.3, -0.25) is 4.79 Å². The van der Waals surface area contributed by atoms with Crippen LogP contribution in [0.3, 0.4) is 0 Å². The van der Waals surface area contributed by atoms with Crippen molar-refractivity contribution < 1.29 is 4.79 Å². The van der Waals surface area contributed by atoms with Gasteiger partial charge in [-0.25, -0.2) is 9.97 Å². The molecule has 2 rings (SSSR count). The number of hydrogen-bond donors (Lipinski definition) is 1. The van der Waals surface area contributed by atoms with Crippen LogP contribution >= 0.6 is 12.4 Å². The maximum atomic E-state index is 12.7. The van der Waals surface area contributed by atoms with Gasteiger partial charge in [0.2, 0.25) is 0 Å². The zero-order chi connectivity index (χ0) is 15.6. The lowest BCUT2D eigenvalue weighted by Crippen LogP contribution is -2.43. The van der Waals surface area contributed by atoms with Crippen LogP contribution in [-0.4, -0.2) is 39.9 Å². The number of halogens is 1. The Labute approximate surface area is 139 Å². The number of amides is 1. The fourth-order valence-corrected chi connectivity index (χ4v) is 2.89.